The summed E-state index contributed by atoms with van der Waals surface area (Å²) in [6.07, 6.45) is 0. The van der Waals surface area contributed by atoms with E-state index in [4.69, 9.17) is 0 Å². The summed E-state index contributed by atoms with van der Waals surface area (Å²) >= 11 is 0. The van der Waals surface area contributed by atoms with Crippen LogP contribution < -0.4 is 10.9 Å². The zero-order valence-corrected chi connectivity index (χ0v) is 13.2. The molecule has 0 aliphatic rings. The molecule has 0 atom stereocenters. The maximum absolute atomic E-state index is 13.8. The summed E-state index contributed by atoms with van der Waals surface area (Å²) in [4.78, 5) is 12.4. The molecule has 8 heteroatoms. The predicted molar refractivity (Wildman–Crippen MR) is 89.4 cm³/mol. The molecule has 0 amide bonds. The number of nitrogens with one attached hydrogen (secondary N) is 1. The van der Waals surface area contributed by atoms with Crippen molar-refractivity contribution >= 4 is 22.4 Å². The molecular weight excluding hydrogens is 328 g/mol. The lowest BCUT2D eigenvalue weighted by molar-refractivity contribution is 0.602. The molecule has 4 rings (SSSR count). The van der Waals surface area contributed by atoms with Crippen LogP contribution >= 0.6 is 0 Å². The second kappa shape index (κ2) is 5.66. The number of hydrogen-bond acceptors (Lipinski definition) is 4. The molecule has 0 aliphatic carbocycles. The second-order valence-electron chi connectivity index (χ2n) is 5.61. The van der Waals surface area contributed by atoms with Crippen molar-refractivity contribution in [3.05, 3.63) is 70.3 Å². The van der Waals surface area contributed by atoms with E-state index in [2.05, 4.69) is 15.5 Å². The van der Waals surface area contributed by atoms with E-state index in [9.17, 15) is 13.6 Å². The molecule has 126 valence electrons. The van der Waals surface area contributed by atoms with E-state index in [1.165, 1.54) is 4.57 Å². The zero-order chi connectivity index (χ0) is 17.6. The second-order valence-corrected chi connectivity index (χ2v) is 5.61. The highest BCUT2D eigenvalue weighted by Crippen LogP contribution is 2.18. The molecular formula is C17H13F2N5O. The van der Waals surface area contributed by atoms with Crippen molar-refractivity contribution < 1.29 is 8.78 Å². The van der Waals surface area contributed by atoms with Gasteiger partial charge >= 0.3 is 0 Å². The third-order valence-electron chi connectivity index (χ3n) is 4.06. The third-order valence-corrected chi connectivity index (χ3v) is 4.06. The largest absolute Gasteiger partial charge is 0.375 e. The Bertz CT molecular complexity index is 1170. The van der Waals surface area contributed by atoms with Gasteiger partial charge in [0.1, 0.15) is 11.6 Å². The van der Waals surface area contributed by atoms with Crippen molar-refractivity contribution in [2.75, 3.05) is 5.32 Å². The summed E-state index contributed by atoms with van der Waals surface area (Å²) in [6.45, 7) is 0.115. The number of para-hydroxylation sites is 1. The fraction of sp³-hybridized carbons (Fsp3) is 0.118. The van der Waals surface area contributed by atoms with Crippen LogP contribution in [0.2, 0.25) is 0 Å². The van der Waals surface area contributed by atoms with Gasteiger partial charge in [-0.1, -0.05) is 12.1 Å². The molecule has 4 aromatic rings. The molecule has 0 fully saturated rings. The Balaban J connectivity index is 1.83. The first kappa shape index (κ1) is 15.3. The quantitative estimate of drug-likeness (QED) is 0.622. The summed E-state index contributed by atoms with van der Waals surface area (Å²) in [5.41, 5.74) is 0.513. The number of fused-ring (bicyclic) bond motifs is 3. The Morgan fingerprint density at radius 1 is 1.12 bits per heavy atom. The van der Waals surface area contributed by atoms with Crippen LogP contribution in [0.4, 0.5) is 14.5 Å². The molecule has 0 saturated carbocycles. The molecule has 0 radical (unpaired) electrons. The van der Waals surface area contributed by atoms with Crippen molar-refractivity contribution in [2.24, 2.45) is 7.05 Å². The van der Waals surface area contributed by atoms with Gasteiger partial charge in [-0.05, 0) is 30.3 Å². The highest BCUT2D eigenvalue weighted by Gasteiger charge is 2.14. The number of anilines is 1. The molecule has 2 aromatic carbocycles. The monoisotopic (exact) mass is 341 g/mol. The molecule has 25 heavy (non-hydrogen) atoms. The van der Waals surface area contributed by atoms with Gasteiger partial charge in [0.2, 0.25) is 5.78 Å². The standard InChI is InChI=1S/C17H13F2N5O/c1-23-16(25)11-4-2-3-5-14(11)24-15(21-22-17(23)24)9-20-13-8-10(18)6-7-12(13)19/h2-8,20H,9H2,1H3. The zero-order valence-electron chi connectivity index (χ0n) is 13.2. The minimum absolute atomic E-state index is 0.0332. The third kappa shape index (κ3) is 2.42. The van der Waals surface area contributed by atoms with E-state index < -0.39 is 11.6 Å². The van der Waals surface area contributed by atoms with Crippen molar-refractivity contribution in [2.45, 2.75) is 6.54 Å². The average molecular weight is 341 g/mol. The topological polar surface area (TPSA) is 64.2 Å². The van der Waals surface area contributed by atoms with Gasteiger partial charge in [0.05, 0.1) is 23.1 Å². The normalized spacial score (nSPS) is 11.3. The van der Waals surface area contributed by atoms with Gasteiger partial charge in [0, 0.05) is 7.05 Å². The van der Waals surface area contributed by atoms with E-state index in [-0.39, 0.29) is 17.8 Å². The van der Waals surface area contributed by atoms with Crippen LogP contribution in [0, 0.1) is 11.6 Å². The first-order valence-electron chi connectivity index (χ1n) is 7.57. The number of rotatable bonds is 3. The van der Waals surface area contributed by atoms with Gasteiger partial charge < -0.3 is 5.32 Å². The highest BCUT2D eigenvalue weighted by molar-refractivity contribution is 5.80. The van der Waals surface area contributed by atoms with Gasteiger partial charge in [-0.25, -0.2) is 8.78 Å². The van der Waals surface area contributed by atoms with E-state index in [1.807, 2.05) is 6.07 Å². The molecule has 6 nitrogen and oxygen atoms in total. The SMILES string of the molecule is Cn1c(=O)c2ccccc2n2c(CNc3cc(F)ccc3F)nnc12. The summed E-state index contributed by atoms with van der Waals surface area (Å²) < 4.78 is 30.2. The van der Waals surface area contributed by atoms with Crippen LogP contribution in [0.1, 0.15) is 5.82 Å². The molecule has 0 aliphatic heterocycles. The highest BCUT2D eigenvalue weighted by atomic mass is 19.1. The Labute approximate surface area is 140 Å². The number of aryl methyl sites for hydroxylation is 1. The summed E-state index contributed by atoms with van der Waals surface area (Å²) in [6, 6.07) is 10.3. The van der Waals surface area contributed by atoms with Gasteiger partial charge in [-0.15, -0.1) is 10.2 Å². The molecule has 0 bridgehead atoms. The van der Waals surface area contributed by atoms with Crippen molar-refractivity contribution in [1.29, 1.82) is 0 Å². The van der Waals surface area contributed by atoms with E-state index in [0.29, 0.717) is 22.5 Å². The number of aromatic nitrogens is 4. The minimum atomic E-state index is -0.563. The van der Waals surface area contributed by atoms with E-state index in [0.717, 1.165) is 18.2 Å². The smallest absolute Gasteiger partial charge is 0.262 e. The van der Waals surface area contributed by atoms with Crippen LogP contribution in [0.3, 0.4) is 0 Å². The fourth-order valence-electron chi connectivity index (χ4n) is 2.81. The van der Waals surface area contributed by atoms with Crippen LogP contribution in [-0.2, 0) is 13.6 Å². The van der Waals surface area contributed by atoms with Crippen LogP contribution in [0.25, 0.3) is 16.7 Å². The number of benzene rings is 2. The number of hydrogen-bond donors (Lipinski definition) is 1. The molecule has 0 saturated heterocycles. The number of halogens is 2. The van der Waals surface area contributed by atoms with Gasteiger partial charge in [-0.3, -0.25) is 13.8 Å². The maximum atomic E-state index is 13.8. The fourth-order valence-corrected chi connectivity index (χ4v) is 2.81. The maximum Gasteiger partial charge on any atom is 0.262 e. The molecule has 0 spiro atoms. The van der Waals surface area contributed by atoms with Crippen LogP contribution in [0.5, 0.6) is 0 Å². The predicted octanol–water partition coefficient (Wildman–Crippen LogP) is 2.47. The molecule has 0 unspecified atom stereocenters. The van der Waals surface area contributed by atoms with Crippen molar-refractivity contribution in [3.8, 4) is 0 Å². The average Bonchev–Trinajstić information content (AvgIpc) is 3.05. The van der Waals surface area contributed by atoms with E-state index in [1.54, 1.807) is 29.6 Å². The number of nitrogens with zero attached hydrogens (tertiary/aromatic N) is 4. The Morgan fingerprint density at radius 2 is 1.92 bits per heavy atom. The summed E-state index contributed by atoms with van der Waals surface area (Å²) in [5.74, 6) is -0.249. The van der Waals surface area contributed by atoms with Crippen LogP contribution in [0.15, 0.2) is 47.3 Å². The van der Waals surface area contributed by atoms with Gasteiger partial charge in [0.25, 0.3) is 5.56 Å². The van der Waals surface area contributed by atoms with Gasteiger partial charge in [0.15, 0.2) is 5.82 Å². The first-order valence-corrected chi connectivity index (χ1v) is 7.57. The van der Waals surface area contributed by atoms with E-state index >= 15 is 0 Å². The minimum Gasteiger partial charge on any atom is -0.375 e. The lowest BCUT2D eigenvalue weighted by Crippen LogP contribution is -2.20. The lowest BCUT2D eigenvalue weighted by Gasteiger charge is -2.09. The summed E-state index contributed by atoms with van der Waals surface area (Å²) in [5, 5.41) is 11.5. The van der Waals surface area contributed by atoms with Crippen LogP contribution in [-0.4, -0.2) is 19.2 Å². The molecule has 1 N–H and O–H groups in total. The van der Waals surface area contributed by atoms with Crippen molar-refractivity contribution in [1.82, 2.24) is 19.2 Å². The first-order chi connectivity index (χ1) is 12.1. The molecule has 2 aromatic heterocycles. The van der Waals surface area contributed by atoms with Crippen molar-refractivity contribution in [3.63, 3.8) is 0 Å². The summed E-state index contributed by atoms with van der Waals surface area (Å²) in [7, 11) is 1.61. The lowest BCUT2D eigenvalue weighted by atomic mass is 10.2. The molecule has 2 heterocycles. The Morgan fingerprint density at radius 3 is 2.76 bits per heavy atom. The van der Waals surface area contributed by atoms with Gasteiger partial charge in [-0.2, -0.15) is 0 Å². The Kier molecular flexibility index (Phi) is 3.45. The Hall–Kier alpha value is -3.29.